The van der Waals surface area contributed by atoms with Gasteiger partial charge in [-0.15, -0.1) is 0 Å². The molecule has 0 aromatic rings. The third-order valence-corrected chi connectivity index (χ3v) is 2.20. The van der Waals surface area contributed by atoms with Crippen LogP contribution in [-0.2, 0) is 4.79 Å². The van der Waals surface area contributed by atoms with E-state index in [2.05, 4.69) is 4.90 Å². The van der Waals surface area contributed by atoms with Crippen molar-refractivity contribution in [2.75, 3.05) is 13.1 Å². The maximum atomic E-state index is 10.3. The molecule has 64 valence electrons. The number of carbonyl (C=O) groups excluding carboxylic acids is 1. The van der Waals surface area contributed by atoms with E-state index in [1.807, 2.05) is 0 Å². The van der Waals surface area contributed by atoms with Gasteiger partial charge in [0.25, 0.3) is 0 Å². The molecule has 1 fully saturated rings. The molecule has 1 aliphatic heterocycles. The van der Waals surface area contributed by atoms with Crippen molar-refractivity contribution in [3.63, 3.8) is 0 Å². The monoisotopic (exact) mass is 156 g/mol. The van der Waals surface area contributed by atoms with Crippen LogP contribution in [0.1, 0.15) is 25.7 Å². The zero-order valence-corrected chi connectivity index (χ0v) is 6.83. The van der Waals surface area contributed by atoms with Crippen molar-refractivity contribution in [2.24, 2.45) is 5.73 Å². The van der Waals surface area contributed by atoms with Crippen LogP contribution in [0.5, 0.6) is 0 Å². The van der Waals surface area contributed by atoms with Gasteiger partial charge in [-0.1, -0.05) is 12.8 Å². The van der Waals surface area contributed by atoms with Gasteiger partial charge < -0.3 is 10.5 Å². The van der Waals surface area contributed by atoms with Crippen LogP contribution in [0.3, 0.4) is 0 Å². The second kappa shape index (κ2) is 4.46. The van der Waals surface area contributed by atoms with Crippen molar-refractivity contribution >= 4 is 6.29 Å². The summed E-state index contributed by atoms with van der Waals surface area (Å²) >= 11 is 0. The lowest BCUT2D eigenvalue weighted by atomic mass is 10.2. The summed E-state index contributed by atoms with van der Waals surface area (Å²) < 4.78 is 0. The van der Waals surface area contributed by atoms with Gasteiger partial charge in [0.05, 0.1) is 0 Å². The van der Waals surface area contributed by atoms with Gasteiger partial charge in [0, 0.05) is 13.1 Å². The smallest absolute Gasteiger partial charge is 0.151 e. The summed E-state index contributed by atoms with van der Waals surface area (Å²) in [7, 11) is 0. The first kappa shape index (κ1) is 8.68. The van der Waals surface area contributed by atoms with Gasteiger partial charge in [0.2, 0.25) is 0 Å². The molecular weight excluding hydrogens is 140 g/mol. The molecule has 0 aromatic carbocycles. The quantitative estimate of drug-likeness (QED) is 0.587. The topological polar surface area (TPSA) is 46.3 Å². The highest BCUT2D eigenvalue weighted by Gasteiger charge is 2.14. The molecule has 0 aliphatic carbocycles. The molecule has 0 spiro atoms. The van der Waals surface area contributed by atoms with Crippen LogP contribution in [0.2, 0.25) is 0 Å². The van der Waals surface area contributed by atoms with E-state index < -0.39 is 0 Å². The third-order valence-electron chi connectivity index (χ3n) is 2.20. The van der Waals surface area contributed by atoms with Crippen molar-refractivity contribution in [2.45, 2.75) is 31.8 Å². The maximum absolute atomic E-state index is 10.3. The SMILES string of the molecule is NC(C=O)N1CCCCCC1. The highest BCUT2D eigenvalue weighted by atomic mass is 16.1. The molecule has 2 N–H and O–H groups in total. The van der Waals surface area contributed by atoms with Crippen molar-refractivity contribution in [1.82, 2.24) is 4.90 Å². The van der Waals surface area contributed by atoms with Crippen LogP contribution in [0.25, 0.3) is 0 Å². The van der Waals surface area contributed by atoms with E-state index >= 15 is 0 Å². The van der Waals surface area contributed by atoms with Gasteiger partial charge in [0.15, 0.2) is 6.29 Å². The molecule has 3 heteroatoms. The molecule has 1 heterocycles. The Morgan fingerprint density at radius 1 is 1.18 bits per heavy atom. The predicted molar refractivity (Wildman–Crippen MR) is 44.1 cm³/mol. The fourth-order valence-corrected chi connectivity index (χ4v) is 1.48. The second-order valence-electron chi connectivity index (χ2n) is 3.08. The van der Waals surface area contributed by atoms with E-state index in [-0.39, 0.29) is 6.17 Å². The van der Waals surface area contributed by atoms with Gasteiger partial charge in [-0.25, -0.2) is 0 Å². The molecule has 1 saturated heterocycles. The van der Waals surface area contributed by atoms with Gasteiger partial charge >= 0.3 is 0 Å². The zero-order chi connectivity index (χ0) is 8.10. The van der Waals surface area contributed by atoms with Crippen LogP contribution >= 0.6 is 0 Å². The van der Waals surface area contributed by atoms with Crippen LogP contribution in [0.15, 0.2) is 0 Å². The molecule has 0 amide bonds. The van der Waals surface area contributed by atoms with Crippen LogP contribution in [-0.4, -0.2) is 30.4 Å². The zero-order valence-electron chi connectivity index (χ0n) is 6.83. The average molecular weight is 156 g/mol. The number of nitrogens with two attached hydrogens (primary N) is 1. The van der Waals surface area contributed by atoms with Crippen molar-refractivity contribution in [1.29, 1.82) is 0 Å². The molecule has 0 radical (unpaired) electrons. The number of likely N-dealkylation sites (tertiary alicyclic amines) is 1. The summed E-state index contributed by atoms with van der Waals surface area (Å²) in [6.07, 6.45) is 5.38. The molecule has 1 unspecified atom stereocenters. The fraction of sp³-hybridized carbons (Fsp3) is 0.875. The van der Waals surface area contributed by atoms with Gasteiger partial charge in [-0.2, -0.15) is 0 Å². The molecular formula is C8H16N2O. The van der Waals surface area contributed by atoms with Gasteiger partial charge in [-0.3, -0.25) is 4.90 Å². The minimum atomic E-state index is -0.368. The van der Waals surface area contributed by atoms with Crippen molar-refractivity contribution < 1.29 is 4.79 Å². The number of aldehydes is 1. The number of nitrogens with zero attached hydrogens (tertiary/aromatic N) is 1. The second-order valence-corrected chi connectivity index (χ2v) is 3.08. The third kappa shape index (κ3) is 2.60. The van der Waals surface area contributed by atoms with Gasteiger partial charge in [0.1, 0.15) is 6.17 Å². The van der Waals surface area contributed by atoms with E-state index in [4.69, 9.17) is 5.73 Å². The molecule has 11 heavy (non-hydrogen) atoms. The van der Waals surface area contributed by atoms with Crippen LogP contribution in [0, 0.1) is 0 Å². The molecule has 0 saturated carbocycles. The Labute approximate surface area is 67.5 Å². The van der Waals surface area contributed by atoms with E-state index in [1.54, 1.807) is 0 Å². The van der Waals surface area contributed by atoms with Crippen LogP contribution < -0.4 is 5.73 Å². The molecule has 1 atom stereocenters. The molecule has 1 rings (SSSR count). The predicted octanol–water partition coefficient (Wildman–Crippen LogP) is 0.346. The maximum Gasteiger partial charge on any atom is 0.151 e. The minimum Gasteiger partial charge on any atom is -0.310 e. The Balaban J connectivity index is 2.35. The summed E-state index contributed by atoms with van der Waals surface area (Å²) in [6.45, 7) is 1.97. The fourth-order valence-electron chi connectivity index (χ4n) is 1.48. The van der Waals surface area contributed by atoms with E-state index in [9.17, 15) is 4.79 Å². The highest BCUT2D eigenvalue weighted by molar-refractivity contribution is 5.56. The standard InChI is InChI=1S/C8H16N2O/c9-8(7-11)10-5-3-1-2-4-6-10/h7-8H,1-6,9H2. The number of hydrogen-bond acceptors (Lipinski definition) is 3. The first-order valence-corrected chi connectivity index (χ1v) is 4.29. The summed E-state index contributed by atoms with van der Waals surface area (Å²) in [5, 5.41) is 0. The average Bonchev–Trinajstić information content (AvgIpc) is 2.30. The lowest BCUT2D eigenvalue weighted by Gasteiger charge is -2.22. The Morgan fingerprint density at radius 2 is 1.73 bits per heavy atom. The summed E-state index contributed by atoms with van der Waals surface area (Å²) in [5.41, 5.74) is 5.58. The molecule has 1 aliphatic rings. The minimum absolute atomic E-state index is 0.368. The number of carbonyl (C=O) groups is 1. The number of hydrogen-bond donors (Lipinski definition) is 1. The Hall–Kier alpha value is -0.410. The summed E-state index contributed by atoms with van der Waals surface area (Å²) in [5.74, 6) is 0. The van der Waals surface area contributed by atoms with Crippen molar-refractivity contribution in [3.05, 3.63) is 0 Å². The van der Waals surface area contributed by atoms with Crippen LogP contribution in [0.4, 0.5) is 0 Å². The normalized spacial score (nSPS) is 24.1. The van der Waals surface area contributed by atoms with E-state index in [0.29, 0.717) is 0 Å². The van der Waals surface area contributed by atoms with Gasteiger partial charge in [-0.05, 0) is 12.8 Å². The summed E-state index contributed by atoms with van der Waals surface area (Å²) in [6, 6.07) is 0. The molecule has 3 nitrogen and oxygen atoms in total. The molecule has 0 aromatic heterocycles. The largest absolute Gasteiger partial charge is 0.310 e. The van der Waals surface area contributed by atoms with E-state index in [0.717, 1.165) is 19.4 Å². The molecule has 0 bridgehead atoms. The number of rotatable bonds is 2. The Morgan fingerprint density at radius 3 is 2.18 bits per heavy atom. The first-order valence-electron chi connectivity index (χ1n) is 4.29. The summed E-state index contributed by atoms with van der Waals surface area (Å²) in [4.78, 5) is 12.4. The van der Waals surface area contributed by atoms with E-state index in [1.165, 1.54) is 25.7 Å². The lowest BCUT2D eigenvalue weighted by molar-refractivity contribution is -0.112. The van der Waals surface area contributed by atoms with Crippen molar-refractivity contribution in [3.8, 4) is 0 Å². The Kier molecular flexibility index (Phi) is 3.52. The lowest BCUT2D eigenvalue weighted by Crippen LogP contribution is -2.43. The Bertz CT molecular complexity index is 119. The highest BCUT2D eigenvalue weighted by Crippen LogP contribution is 2.09. The first-order chi connectivity index (χ1) is 5.34.